The first kappa shape index (κ1) is 21.7. The normalized spacial score (nSPS) is 16.3. The molecule has 1 saturated heterocycles. The van der Waals surface area contributed by atoms with Gasteiger partial charge in [-0.3, -0.25) is 4.79 Å². The Kier molecular flexibility index (Phi) is 6.31. The SMILES string of the molecule is CCn1c(C)cc(C(=O)C[NH+]2CCN(S(=O)(=O)c3ccc(C)c(C)c3)CC2)c1C. The van der Waals surface area contributed by atoms with Crippen molar-refractivity contribution in [2.45, 2.75) is 46.1 Å². The van der Waals surface area contributed by atoms with Crippen LogP contribution in [0.15, 0.2) is 29.2 Å². The number of quaternary nitrogens is 1. The summed E-state index contributed by atoms with van der Waals surface area (Å²) < 4.78 is 29.6. The number of aromatic nitrogens is 1. The monoisotopic (exact) mass is 418 g/mol. The summed E-state index contributed by atoms with van der Waals surface area (Å²) in [6, 6.07) is 7.26. The zero-order chi connectivity index (χ0) is 21.3. The van der Waals surface area contributed by atoms with Crippen LogP contribution in [0, 0.1) is 27.7 Å². The second-order valence-electron chi connectivity index (χ2n) is 8.03. The minimum Gasteiger partial charge on any atom is -0.349 e. The number of Topliss-reactive ketones (excluding diaryl/α,β-unsaturated/α-hetero) is 1. The van der Waals surface area contributed by atoms with Gasteiger partial charge in [0.2, 0.25) is 15.8 Å². The average molecular weight is 419 g/mol. The lowest BCUT2D eigenvalue weighted by atomic mass is 10.1. The molecule has 0 atom stereocenters. The van der Waals surface area contributed by atoms with E-state index in [1.807, 2.05) is 39.8 Å². The molecule has 158 valence electrons. The highest BCUT2D eigenvalue weighted by atomic mass is 32.2. The predicted octanol–water partition coefficient (Wildman–Crippen LogP) is 1.51. The molecule has 1 aliphatic heterocycles. The van der Waals surface area contributed by atoms with Crippen molar-refractivity contribution in [3.05, 3.63) is 52.3 Å². The Morgan fingerprint density at radius 3 is 2.24 bits per heavy atom. The van der Waals surface area contributed by atoms with Crippen LogP contribution in [-0.4, -0.2) is 55.8 Å². The van der Waals surface area contributed by atoms with Crippen LogP contribution < -0.4 is 4.90 Å². The Bertz CT molecular complexity index is 1020. The van der Waals surface area contributed by atoms with Gasteiger partial charge in [0.05, 0.1) is 31.1 Å². The van der Waals surface area contributed by atoms with E-state index in [0.717, 1.165) is 39.5 Å². The molecule has 0 aliphatic carbocycles. The van der Waals surface area contributed by atoms with E-state index in [9.17, 15) is 13.2 Å². The van der Waals surface area contributed by atoms with Crippen molar-refractivity contribution in [3.63, 3.8) is 0 Å². The Morgan fingerprint density at radius 1 is 1.03 bits per heavy atom. The van der Waals surface area contributed by atoms with Gasteiger partial charge in [-0.1, -0.05) is 6.07 Å². The van der Waals surface area contributed by atoms with Crippen LogP contribution in [0.2, 0.25) is 0 Å². The van der Waals surface area contributed by atoms with Crippen LogP contribution in [0.3, 0.4) is 0 Å². The summed E-state index contributed by atoms with van der Waals surface area (Å²) in [6.45, 7) is 13.4. The van der Waals surface area contributed by atoms with Crippen LogP contribution in [0.4, 0.5) is 0 Å². The summed E-state index contributed by atoms with van der Waals surface area (Å²) in [5, 5.41) is 0. The molecule has 1 aromatic heterocycles. The van der Waals surface area contributed by atoms with Crippen molar-refractivity contribution >= 4 is 15.8 Å². The molecule has 1 N–H and O–H groups in total. The molecule has 3 rings (SSSR count). The maximum Gasteiger partial charge on any atom is 0.243 e. The smallest absolute Gasteiger partial charge is 0.243 e. The minimum atomic E-state index is -3.49. The number of ketones is 1. The number of piperazine rings is 1. The van der Waals surface area contributed by atoms with E-state index in [0.29, 0.717) is 37.6 Å². The average Bonchev–Trinajstić information content (AvgIpc) is 2.98. The molecule has 6 nitrogen and oxygen atoms in total. The van der Waals surface area contributed by atoms with Gasteiger partial charge in [-0.05, 0) is 63.9 Å². The summed E-state index contributed by atoms with van der Waals surface area (Å²) in [4.78, 5) is 14.3. The third-order valence-corrected chi connectivity index (χ3v) is 8.04. The van der Waals surface area contributed by atoms with E-state index in [1.54, 1.807) is 16.4 Å². The second kappa shape index (κ2) is 8.42. The summed E-state index contributed by atoms with van der Waals surface area (Å²) >= 11 is 0. The van der Waals surface area contributed by atoms with Crippen molar-refractivity contribution in [2.24, 2.45) is 0 Å². The van der Waals surface area contributed by atoms with Gasteiger partial charge in [-0.2, -0.15) is 4.31 Å². The van der Waals surface area contributed by atoms with Crippen LogP contribution in [0.5, 0.6) is 0 Å². The Balaban J connectivity index is 1.64. The largest absolute Gasteiger partial charge is 0.349 e. The van der Waals surface area contributed by atoms with E-state index >= 15 is 0 Å². The van der Waals surface area contributed by atoms with Crippen molar-refractivity contribution in [1.29, 1.82) is 0 Å². The third kappa shape index (κ3) is 4.32. The fraction of sp³-hybridized carbons (Fsp3) is 0.500. The Hall–Kier alpha value is -1.96. The van der Waals surface area contributed by atoms with Crippen LogP contribution in [0.1, 0.15) is 39.8 Å². The molecule has 0 unspecified atom stereocenters. The Morgan fingerprint density at radius 2 is 1.69 bits per heavy atom. The molecule has 0 saturated carbocycles. The first-order valence-corrected chi connectivity index (χ1v) is 11.7. The van der Waals surface area contributed by atoms with E-state index < -0.39 is 10.0 Å². The van der Waals surface area contributed by atoms with Crippen molar-refractivity contribution < 1.29 is 18.1 Å². The Labute approximate surface area is 174 Å². The molecule has 29 heavy (non-hydrogen) atoms. The van der Waals surface area contributed by atoms with Crippen LogP contribution in [-0.2, 0) is 16.6 Å². The van der Waals surface area contributed by atoms with Gasteiger partial charge >= 0.3 is 0 Å². The molecule has 1 aliphatic rings. The highest BCUT2D eigenvalue weighted by molar-refractivity contribution is 7.89. The van der Waals surface area contributed by atoms with E-state index in [-0.39, 0.29) is 5.78 Å². The fourth-order valence-corrected chi connectivity index (χ4v) is 5.66. The van der Waals surface area contributed by atoms with Gasteiger partial charge in [0, 0.05) is 23.5 Å². The predicted molar refractivity (Wildman–Crippen MR) is 114 cm³/mol. The summed E-state index contributed by atoms with van der Waals surface area (Å²) in [5.41, 5.74) is 4.98. The highest BCUT2D eigenvalue weighted by Crippen LogP contribution is 2.19. The number of sulfonamides is 1. The molecule has 0 radical (unpaired) electrons. The molecule has 1 fully saturated rings. The topological polar surface area (TPSA) is 63.8 Å². The lowest BCUT2D eigenvalue weighted by Gasteiger charge is -2.31. The lowest BCUT2D eigenvalue weighted by molar-refractivity contribution is -0.895. The molecule has 0 bridgehead atoms. The van der Waals surface area contributed by atoms with Crippen LogP contribution in [0.25, 0.3) is 0 Å². The summed E-state index contributed by atoms with van der Waals surface area (Å²) in [7, 11) is -3.49. The van der Waals surface area contributed by atoms with Gasteiger partial charge in [0.1, 0.15) is 6.54 Å². The molecule has 2 heterocycles. The maximum atomic E-state index is 13.0. The number of benzene rings is 1. The quantitative estimate of drug-likeness (QED) is 0.724. The van der Waals surface area contributed by atoms with Gasteiger partial charge < -0.3 is 9.47 Å². The van der Waals surface area contributed by atoms with Crippen molar-refractivity contribution in [3.8, 4) is 0 Å². The number of carbonyl (C=O) groups is 1. The number of nitrogens with one attached hydrogen (secondary N) is 1. The van der Waals surface area contributed by atoms with E-state index in [2.05, 4.69) is 11.5 Å². The van der Waals surface area contributed by atoms with Gasteiger partial charge in [0.25, 0.3) is 0 Å². The van der Waals surface area contributed by atoms with Gasteiger partial charge in [-0.15, -0.1) is 0 Å². The van der Waals surface area contributed by atoms with Crippen molar-refractivity contribution in [1.82, 2.24) is 8.87 Å². The number of rotatable bonds is 6. The van der Waals surface area contributed by atoms with Gasteiger partial charge in [-0.25, -0.2) is 8.42 Å². The highest BCUT2D eigenvalue weighted by Gasteiger charge is 2.31. The number of hydrogen-bond acceptors (Lipinski definition) is 3. The first-order chi connectivity index (χ1) is 13.6. The molecule has 0 spiro atoms. The third-order valence-electron chi connectivity index (χ3n) is 6.15. The van der Waals surface area contributed by atoms with Gasteiger partial charge in [0.15, 0.2) is 0 Å². The molecule has 0 amide bonds. The van der Waals surface area contributed by atoms with E-state index in [4.69, 9.17) is 0 Å². The van der Waals surface area contributed by atoms with Crippen molar-refractivity contribution in [2.75, 3.05) is 32.7 Å². The number of hydrogen-bond donors (Lipinski definition) is 1. The molecule has 1 aromatic carbocycles. The summed E-state index contributed by atoms with van der Waals surface area (Å²) in [6.07, 6.45) is 0. The summed E-state index contributed by atoms with van der Waals surface area (Å²) in [5.74, 6) is 0.137. The minimum absolute atomic E-state index is 0.137. The maximum absolute atomic E-state index is 13.0. The lowest BCUT2D eigenvalue weighted by Crippen LogP contribution is -3.15. The number of carbonyl (C=O) groups excluding carboxylic acids is 1. The first-order valence-electron chi connectivity index (χ1n) is 10.3. The number of nitrogens with zero attached hydrogens (tertiary/aromatic N) is 2. The molecular weight excluding hydrogens is 386 g/mol. The molecule has 2 aromatic rings. The zero-order valence-electron chi connectivity index (χ0n) is 18.1. The zero-order valence-corrected chi connectivity index (χ0v) is 18.9. The second-order valence-corrected chi connectivity index (χ2v) is 9.97. The molecular formula is C22H32N3O3S+. The van der Waals surface area contributed by atoms with E-state index in [1.165, 1.54) is 0 Å². The fourth-order valence-electron chi connectivity index (χ4n) is 4.14. The van der Waals surface area contributed by atoms with Crippen LogP contribution >= 0.6 is 0 Å². The number of aryl methyl sites for hydroxylation is 3. The molecule has 7 heteroatoms. The standard InChI is InChI=1S/C22H31N3O3S/c1-6-25-18(4)14-21(19(25)5)22(26)15-23-9-11-24(12-10-23)29(27,28)20-8-7-16(2)17(3)13-20/h7-8,13-14H,6,9-12,15H2,1-5H3/p+1.